The molecule has 2 aromatic carbocycles. The van der Waals surface area contributed by atoms with Crippen molar-refractivity contribution in [3.05, 3.63) is 59.7 Å². The molecule has 1 amide bonds. The quantitative estimate of drug-likeness (QED) is 0.857. The van der Waals surface area contributed by atoms with Gasteiger partial charge in [-0.2, -0.15) is 0 Å². The first-order valence-corrected chi connectivity index (χ1v) is 6.91. The molecule has 0 aromatic heterocycles. The van der Waals surface area contributed by atoms with E-state index in [1.54, 1.807) is 0 Å². The number of aryl methyl sites for hydroxylation is 1. The number of hydrogen-bond acceptors (Lipinski definition) is 3. The van der Waals surface area contributed by atoms with E-state index < -0.39 is 0 Å². The molecular formula is C17H20N2O2. The molecule has 0 spiro atoms. The van der Waals surface area contributed by atoms with E-state index in [-0.39, 0.29) is 12.5 Å². The van der Waals surface area contributed by atoms with Crippen LogP contribution in [0, 0.1) is 6.92 Å². The van der Waals surface area contributed by atoms with Crippen molar-refractivity contribution in [2.45, 2.75) is 13.5 Å². The van der Waals surface area contributed by atoms with Gasteiger partial charge in [-0.25, -0.2) is 0 Å². The Hall–Kier alpha value is -2.33. The van der Waals surface area contributed by atoms with Crippen molar-refractivity contribution < 1.29 is 9.53 Å². The SMILES string of the molecule is CNCc1cccc(C)c1OCC(=O)Nc1ccccc1. The third-order valence-corrected chi connectivity index (χ3v) is 3.07. The maximum Gasteiger partial charge on any atom is 0.262 e. The molecule has 110 valence electrons. The summed E-state index contributed by atoms with van der Waals surface area (Å²) < 4.78 is 5.70. The fourth-order valence-corrected chi connectivity index (χ4v) is 2.11. The van der Waals surface area contributed by atoms with Gasteiger partial charge in [0.05, 0.1) is 0 Å². The minimum atomic E-state index is -0.167. The van der Waals surface area contributed by atoms with Crippen molar-refractivity contribution in [1.29, 1.82) is 0 Å². The average Bonchev–Trinajstić information content (AvgIpc) is 2.48. The molecule has 2 rings (SSSR count). The van der Waals surface area contributed by atoms with Crippen molar-refractivity contribution >= 4 is 11.6 Å². The standard InChI is InChI=1S/C17H20N2O2/c1-13-7-6-8-14(11-18-2)17(13)21-12-16(20)19-15-9-4-3-5-10-15/h3-10,18H,11-12H2,1-2H3,(H,19,20). The third-order valence-electron chi connectivity index (χ3n) is 3.07. The van der Waals surface area contributed by atoms with E-state index in [0.717, 1.165) is 22.6 Å². The Morgan fingerprint density at radius 1 is 1.10 bits per heavy atom. The Balaban J connectivity index is 1.98. The minimum absolute atomic E-state index is 0.00351. The molecule has 0 fully saturated rings. The Kier molecular flexibility index (Phi) is 5.35. The van der Waals surface area contributed by atoms with Crippen LogP contribution in [0.2, 0.25) is 0 Å². The number of rotatable bonds is 6. The number of carbonyl (C=O) groups is 1. The second-order valence-corrected chi connectivity index (χ2v) is 4.80. The average molecular weight is 284 g/mol. The van der Waals surface area contributed by atoms with Crippen LogP contribution in [0.4, 0.5) is 5.69 Å². The summed E-state index contributed by atoms with van der Waals surface area (Å²) in [6.45, 7) is 2.68. The summed E-state index contributed by atoms with van der Waals surface area (Å²) in [6, 6.07) is 15.3. The van der Waals surface area contributed by atoms with E-state index in [0.29, 0.717) is 6.54 Å². The summed E-state index contributed by atoms with van der Waals surface area (Å²) >= 11 is 0. The molecule has 4 nitrogen and oxygen atoms in total. The fraction of sp³-hybridized carbons (Fsp3) is 0.235. The van der Waals surface area contributed by atoms with E-state index in [1.807, 2.05) is 62.5 Å². The summed E-state index contributed by atoms with van der Waals surface area (Å²) in [5.74, 6) is 0.606. The molecule has 2 aromatic rings. The highest BCUT2D eigenvalue weighted by Gasteiger charge is 2.09. The van der Waals surface area contributed by atoms with Crippen molar-refractivity contribution in [2.24, 2.45) is 0 Å². The van der Waals surface area contributed by atoms with Gasteiger partial charge in [-0.05, 0) is 31.7 Å². The Bertz CT molecular complexity index is 597. The number of hydrogen-bond donors (Lipinski definition) is 2. The van der Waals surface area contributed by atoms with Crippen molar-refractivity contribution in [3.63, 3.8) is 0 Å². The van der Waals surface area contributed by atoms with Gasteiger partial charge in [0.15, 0.2) is 6.61 Å². The Labute approximate surface area is 125 Å². The van der Waals surface area contributed by atoms with Crippen LogP contribution < -0.4 is 15.4 Å². The van der Waals surface area contributed by atoms with Gasteiger partial charge < -0.3 is 15.4 Å². The van der Waals surface area contributed by atoms with E-state index in [1.165, 1.54) is 0 Å². The van der Waals surface area contributed by atoms with Gasteiger partial charge >= 0.3 is 0 Å². The summed E-state index contributed by atoms with van der Waals surface area (Å²) in [7, 11) is 1.88. The maximum atomic E-state index is 11.9. The molecule has 2 N–H and O–H groups in total. The van der Waals surface area contributed by atoms with Gasteiger partial charge in [-0.15, -0.1) is 0 Å². The smallest absolute Gasteiger partial charge is 0.262 e. The second kappa shape index (κ2) is 7.45. The molecule has 0 saturated carbocycles. The molecule has 0 saturated heterocycles. The molecule has 0 radical (unpaired) electrons. The van der Waals surface area contributed by atoms with Crippen LogP contribution in [0.1, 0.15) is 11.1 Å². The highest BCUT2D eigenvalue weighted by molar-refractivity contribution is 5.91. The van der Waals surface area contributed by atoms with Gasteiger partial charge in [0.25, 0.3) is 5.91 Å². The fourth-order valence-electron chi connectivity index (χ4n) is 2.11. The lowest BCUT2D eigenvalue weighted by Gasteiger charge is -2.14. The third kappa shape index (κ3) is 4.33. The van der Waals surface area contributed by atoms with Crippen molar-refractivity contribution in [1.82, 2.24) is 5.32 Å². The molecular weight excluding hydrogens is 264 g/mol. The topological polar surface area (TPSA) is 50.4 Å². The Morgan fingerprint density at radius 3 is 2.57 bits per heavy atom. The van der Waals surface area contributed by atoms with Gasteiger partial charge in [-0.3, -0.25) is 4.79 Å². The summed E-state index contributed by atoms with van der Waals surface area (Å²) in [4.78, 5) is 11.9. The zero-order valence-corrected chi connectivity index (χ0v) is 12.3. The van der Waals surface area contributed by atoms with Crippen molar-refractivity contribution in [2.75, 3.05) is 19.0 Å². The molecule has 21 heavy (non-hydrogen) atoms. The molecule has 0 aliphatic rings. The first-order valence-electron chi connectivity index (χ1n) is 6.91. The first kappa shape index (κ1) is 15.1. The number of nitrogens with one attached hydrogen (secondary N) is 2. The molecule has 4 heteroatoms. The van der Waals surface area contributed by atoms with Gasteiger partial charge in [0.1, 0.15) is 5.75 Å². The van der Waals surface area contributed by atoms with Gasteiger partial charge in [0.2, 0.25) is 0 Å². The van der Waals surface area contributed by atoms with Crippen LogP contribution in [0.3, 0.4) is 0 Å². The van der Waals surface area contributed by atoms with Crippen LogP contribution in [0.5, 0.6) is 5.75 Å². The first-order chi connectivity index (χ1) is 10.2. The zero-order valence-electron chi connectivity index (χ0n) is 12.3. The van der Waals surface area contributed by atoms with E-state index in [2.05, 4.69) is 10.6 Å². The van der Waals surface area contributed by atoms with Crippen LogP contribution in [-0.2, 0) is 11.3 Å². The molecule has 0 aliphatic heterocycles. The maximum absolute atomic E-state index is 11.9. The highest BCUT2D eigenvalue weighted by atomic mass is 16.5. The van der Waals surface area contributed by atoms with E-state index >= 15 is 0 Å². The number of ether oxygens (including phenoxy) is 1. The van der Waals surface area contributed by atoms with Crippen LogP contribution in [-0.4, -0.2) is 19.6 Å². The summed E-state index contributed by atoms with van der Waals surface area (Å²) in [5, 5.41) is 5.90. The predicted octanol–water partition coefficient (Wildman–Crippen LogP) is 2.73. The largest absolute Gasteiger partial charge is 0.483 e. The van der Waals surface area contributed by atoms with Crippen molar-refractivity contribution in [3.8, 4) is 5.75 Å². The van der Waals surface area contributed by atoms with Gasteiger partial charge in [0, 0.05) is 17.8 Å². The van der Waals surface area contributed by atoms with Crippen LogP contribution in [0.25, 0.3) is 0 Å². The predicted molar refractivity (Wildman–Crippen MR) is 84.5 cm³/mol. The zero-order chi connectivity index (χ0) is 15.1. The molecule has 0 aliphatic carbocycles. The normalized spacial score (nSPS) is 10.2. The monoisotopic (exact) mass is 284 g/mol. The number of carbonyl (C=O) groups excluding carboxylic acids is 1. The highest BCUT2D eigenvalue weighted by Crippen LogP contribution is 2.23. The Morgan fingerprint density at radius 2 is 1.86 bits per heavy atom. The van der Waals surface area contributed by atoms with Gasteiger partial charge in [-0.1, -0.05) is 36.4 Å². The van der Waals surface area contributed by atoms with E-state index in [4.69, 9.17) is 4.74 Å². The molecule has 0 unspecified atom stereocenters. The van der Waals surface area contributed by atoms with Crippen LogP contribution in [0.15, 0.2) is 48.5 Å². The number of benzene rings is 2. The number of anilines is 1. The minimum Gasteiger partial charge on any atom is -0.483 e. The molecule has 0 heterocycles. The summed E-state index contributed by atoms with van der Waals surface area (Å²) in [5.41, 5.74) is 2.84. The lowest BCUT2D eigenvalue weighted by atomic mass is 10.1. The lowest BCUT2D eigenvalue weighted by molar-refractivity contribution is -0.118. The lowest BCUT2D eigenvalue weighted by Crippen LogP contribution is -2.21. The van der Waals surface area contributed by atoms with Crippen LogP contribution >= 0.6 is 0 Å². The van der Waals surface area contributed by atoms with E-state index in [9.17, 15) is 4.79 Å². The number of amides is 1. The number of para-hydroxylation sites is 2. The summed E-state index contributed by atoms with van der Waals surface area (Å²) in [6.07, 6.45) is 0. The molecule has 0 atom stereocenters. The second-order valence-electron chi connectivity index (χ2n) is 4.80. The molecule has 0 bridgehead atoms.